The summed E-state index contributed by atoms with van der Waals surface area (Å²) in [5.74, 6) is 2.60. The molecule has 0 amide bonds. The van der Waals surface area contributed by atoms with E-state index in [4.69, 9.17) is 0 Å². The summed E-state index contributed by atoms with van der Waals surface area (Å²) in [5, 5.41) is 0. The fourth-order valence-electron chi connectivity index (χ4n) is 2.87. The molecule has 0 N–H and O–H groups in total. The summed E-state index contributed by atoms with van der Waals surface area (Å²) >= 11 is 4.53. The SMILES string of the molecule is SCC(CC1CCCCC1)c1ccccc1. The quantitative estimate of drug-likeness (QED) is 0.719. The van der Waals surface area contributed by atoms with Crippen molar-refractivity contribution >= 4 is 12.6 Å². The van der Waals surface area contributed by atoms with Crippen LogP contribution in [0.3, 0.4) is 0 Å². The van der Waals surface area contributed by atoms with E-state index in [1.807, 2.05) is 0 Å². The molecule has 0 aliphatic heterocycles. The second-order valence-corrected chi connectivity index (χ2v) is 5.40. The monoisotopic (exact) mass is 234 g/mol. The Kier molecular flexibility index (Phi) is 4.77. The van der Waals surface area contributed by atoms with Gasteiger partial charge in [0.05, 0.1) is 0 Å². The maximum Gasteiger partial charge on any atom is -0.00288 e. The minimum atomic E-state index is 0.660. The van der Waals surface area contributed by atoms with E-state index >= 15 is 0 Å². The normalized spacial score (nSPS) is 19.6. The Labute approximate surface area is 105 Å². The van der Waals surface area contributed by atoms with Crippen LogP contribution in [0.1, 0.15) is 50.0 Å². The highest BCUT2D eigenvalue weighted by Crippen LogP contribution is 2.33. The smallest absolute Gasteiger partial charge is 0.00288 e. The number of hydrogen-bond acceptors (Lipinski definition) is 1. The number of benzene rings is 1. The molecule has 1 heteroatoms. The molecule has 2 rings (SSSR count). The predicted octanol–water partition coefficient (Wildman–Crippen LogP) is 4.67. The van der Waals surface area contributed by atoms with Gasteiger partial charge in [0.15, 0.2) is 0 Å². The highest BCUT2D eigenvalue weighted by molar-refractivity contribution is 7.80. The van der Waals surface area contributed by atoms with Crippen LogP contribution >= 0.6 is 12.6 Å². The lowest BCUT2D eigenvalue weighted by atomic mass is 9.81. The van der Waals surface area contributed by atoms with Crippen molar-refractivity contribution < 1.29 is 0 Å². The Morgan fingerprint density at radius 3 is 2.38 bits per heavy atom. The summed E-state index contributed by atoms with van der Waals surface area (Å²) in [6.45, 7) is 0. The third-order valence-electron chi connectivity index (χ3n) is 3.83. The molecule has 88 valence electrons. The molecule has 16 heavy (non-hydrogen) atoms. The molecular weight excluding hydrogens is 212 g/mol. The van der Waals surface area contributed by atoms with Gasteiger partial charge in [0.1, 0.15) is 0 Å². The summed E-state index contributed by atoms with van der Waals surface area (Å²) in [5.41, 5.74) is 1.48. The molecule has 1 unspecified atom stereocenters. The Hall–Kier alpha value is -0.430. The van der Waals surface area contributed by atoms with Gasteiger partial charge in [-0.1, -0.05) is 62.4 Å². The zero-order valence-electron chi connectivity index (χ0n) is 9.94. The van der Waals surface area contributed by atoms with Crippen LogP contribution in [0.4, 0.5) is 0 Å². The molecule has 0 heterocycles. The van der Waals surface area contributed by atoms with Crippen molar-refractivity contribution in [2.24, 2.45) is 5.92 Å². The third kappa shape index (κ3) is 3.28. The van der Waals surface area contributed by atoms with Crippen LogP contribution in [0.2, 0.25) is 0 Å². The van der Waals surface area contributed by atoms with Gasteiger partial charge in [-0.2, -0.15) is 12.6 Å². The predicted molar refractivity (Wildman–Crippen MR) is 74.2 cm³/mol. The molecule has 0 radical (unpaired) electrons. The molecule has 1 aromatic rings. The standard InChI is InChI=1S/C15H22S/c16-12-15(14-9-5-2-6-10-14)11-13-7-3-1-4-8-13/h2,5-6,9-10,13,15-16H,1,3-4,7-8,11-12H2. The van der Waals surface area contributed by atoms with E-state index < -0.39 is 0 Å². The van der Waals surface area contributed by atoms with E-state index in [1.165, 1.54) is 44.1 Å². The maximum absolute atomic E-state index is 4.53. The van der Waals surface area contributed by atoms with Gasteiger partial charge >= 0.3 is 0 Å². The Bertz CT molecular complexity index is 288. The summed E-state index contributed by atoms with van der Waals surface area (Å²) in [6, 6.07) is 10.9. The van der Waals surface area contributed by atoms with Crippen molar-refractivity contribution in [3.05, 3.63) is 35.9 Å². The van der Waals surface area contributed by atoms with Gasteiger partial charge < -0.3 is 0 Å². The van der Waals surface area contributed by atoms with E-state index in [-0.39, 0.29) is 0 Å². The van der Waals surface area contributed by atoms with Gasteiger partial charge in [0.2, 0.25) is 0 Å². The number of rotatable bonds is 4. The molecule has 1 atom stereocenters. The summed E-state index contributed by atoms with van der Waals surface area (Å²) in [4.78, 5) is 0. The highest BCUT2D eigenvalue weighted by Gasteiger charge is 2.19. The van der Waals surface area contributed by atoms with Gasteiger partial charge in [0.25, 0.3) is 0 Å². The lowest BCUT2D eigenvalue weighted by Crippen LogP contribution is -2.12. The first-order valence-corrected chi connectivity index (χ1v) is 7.19. The number of hydrogen-bond donors (Lipinski definition) is 1. The summed E-state index contributed by atoms with van der Waals surface area (Å²) in [6.07, 6.45) is 8.56. The van der Waals surface area contributed by atoms with Crippen LogP contribution in [0.5, 0.6) is 0 Å². The Morgan fingerprint density at radius 2 is 1.75 bits per heavy atom. The van der Waals surface area contributed by atoms with Crippen LogP contribution in [0.15, 0.2) is 30.3 Å². The summed E-state index contributed by atoms with van der Waals surface area (Å²) < 4.78 is 0. The first-order chi connectivity index (χ1) is 7.90. The molecule has 0 saturated heterocycles. The highest BCUT2D eigenvalue weighted by atomic mass is 32.1. The van der Waals surface area contributed by atoms with Crippen LogP contribution in [-0.4, -0.2) is 5.75 Å². The molecule has 0 bridgehead atoms. The van der Waals surface area contributed by atoms with Crippen LogP contribution in [-0.2, 0) is 0 Å². The van der Waals surface area contributed by atoms with Crippen LogP contribution < -0.4 is 0 Å². The van der Waals surface area contributed by atoms with E-state index in [0.29, 0.717) is 5.92 Å². The van der Waals surface area contributed by atoms with Gasteiger partial charge in [-0.25, -0.2) is 0 Å². The average Bonchev–Trinajstić information content (AvgIpc) is 2.38. The molecule has 1 saturated carbocycles. The Balaban J connectivity index is 1.94. The molecule has 1 aliphatic rings. The minimum Gasteiger partial charge on any atom is -0.179 e. The van der Waals surface area contributed by atoms with Crippen LogP contribution in [0.25, 0.3) is 0 Å². The van der Waals surface area contributed by atoms with E-state index in [2.05, 4.69) is 43.0 Å². The Morgan fingerprint density at radius 1 is 1.06 bits per heavy atom. The van der Waals surface area contributed by atoms with Crippen molar-refractivity contribution in [1.82, 2.24) is 0 Å². The topological polar surface area (TPSA) is 0 Å². The first kappa shape index (κ1) is 12.0. The van der Waals surface area contributed by atoms with E-state index in [9.17, 15) is 0 Å². The molecule has 0 nitrogen and oxygen atoms in total. The average molecular weight is 234 g/mol. The van der Waals surface area contributed by atoms with Crippen molar-refractivity contribution in [1.29, 1.82) is 0 Å². The van der Waals surface area contributed by atoms with Crippen molar-refractivity contribution in [2.75, 3.05) is 5.75 Å². The molecule has 1 aliphatic carbocycles. The first-order valence-electron chi connectivity index (χ1n) is 6.56. The second-order valence-electron chi connectivity index (χ2n) is 5.03. The largest absolute Gasteiger partial charge is 0.179 e. The van der Waals surface area contributed by atoms with Crippen LogP contribution in [0, 0.1) is 5.92 Å². The molecule has 1 aromatic carbocycles. The zero-order valence-corrected chi connectivity index (χ0v) is 10.8. The third-order valence-corrected chi connectivity index (χ3v) is 4.27. The lowest BCUT2D eigenvalue weighted by Gasteiger charge is -2.26. The fraction of sp³-hybridized carbons (Fsp3) is 0.600. The fourth-order valence-corrected chi connectivity index (χ4v) is 3.23. The molecule has 0 aromatic heterocycles. The van der Waals surface area contributed by atoms with Gasteiger partial charge in [-0.3, -0.25) is 0 Å². The zero-order chi connectivity index (χ0) is 11.2. The van der Waals surface area contributed by atoms with Crippen molar-refractivity contribution in [3.63, 3.8) is 0 Å². The molecule has 1 fully saturated rings. The van der Waals surface area contributed by atoms with Crippen molar-refractivity contribution in [3.8, 4) is 0 Å². The molecule has 0 spiro atoms. The van der Waals surface area contributed by atoms with E-state index in [1.54, 1.807) is 0 Å². The summed E-state index contributed by atoms with van der Waals surface area (Å²) in [7, 11) is 0. The second kappa shape index (κ2) is 6.34. The lowest BCUT2D eigenvalue weighted by molar-refractivity contribution is 0.324. The van der Waals surface area contributed by atoms with Gasteiger partial charge in [-0.15, -0.1) is 0 Å². The van der Waals surface area contributed by atoms with Gasteiger partial charge in [-0.05, 0) is 29.6 Å². The van der Waals surface area contributed by atoms with Gasteiger partial charge in [0, 0.05) is 0 Å². The maximum atomic E-state index is 4.53. The minimum absolute atomic E-state index is 0.660. The van der Waals surface area contributed by atoms with Crippen molar-refractivity contribution in [2.45, 2.75) is 44.4 Å². The van der Waals surface area contributed by atoms with E-state index in [0.717, 1.165) is 11.7 Å². The molecular formula is C15H22S. The number of thiol groups is 1.